The van der Waals surface area contributed by atoms with Gasteiger partial charge in [-0.15, -0.1) is 0 Å². The number of halogens is 1. The maximum Gasteiger partial charge on any atom is 0.207 e. The van der Waals surface area contributed by atoms with E-state index in [9.17, 15) is 14.5 Å². The predicted molar refractivity (Wildman–Crippen MR) is 57.8 cm³/mol. The number of rotatable bonds is 6. The van der Waals surface area contributed by atoms with Gasteiger partial charge in [0.1, 0.15) is 11.6 Å². The zero-order chi connectivity index (χ0) is 12.0. The van der Waals surface area contributed by atoms with Gasteiger partial charge in [-0.25, -0.2) is 4.39 Å². The first kappa shape index (κ1) is 12.4. The lowest BCUT2D eigenvalue weighted by Gasteiger charge is -2.06. The molecule has 0 bridgehead atoms. The molecular weight excluding hydrogens is 213 g/mol. The average molecular weight is 227 g/mol. The predicted octanol–water partition coefficient (Wildman–Crippen LogP) is 2.43. The molecule has 0 saturated heterocycles. The largest absolute Gasteiger partial charge is 0.493 e. The summed E-state index contributed by atoms with van der Waals surface area (Å²) in [5.74, 6) is 0.00662. The van der Waals surface area contributed by atoms with Crippen LogP contribution in [0.1, 0.15) is 18.9 Å². The van der Waals surface area contributed by atoms with Gasteiger partial charge in [-0.1, -0.05) is 6.92 Å². The molecule has 0 saturated carbocycles. The number of hydrogen-bond acceptors (Lipinski definition) is 3. The van der Waals surface area contributed by atoms with E-state index in [-0.39, 0.29) is 13.0 Å². The molecule has 0 amide bonds. The van der Waals surface area contributed by atoms with Crippen LogP contribution in [0, 0.1) is 15.9 Å². The third kappa shape index (κ3) is 4.25. The van der Waals surface area contributed by atoms with Gasteiger partial charge < -0.3 is 4.74 Å². The van der Waals surface area contributed by atoms with Gasteiger partial charge in [-0.05, 0) is 24.1 Å². The SMILES string of the molecule is CCCOc1cc(F)cc(CC[N+](=O)[O-])c1. The number of ether oxygens (including phenoxy) is 1. The summed E-state index contributed by atoms with van der Waals surface area (Å²) in [4.78, 5) is 9.78. The van der Waals surface area contributed by atoms with Gasteiger partial charge in [0.05, 0.1) is 6.61 Å². The van der Waals surface area contributed by atoms with Crippen molar-refractivity contribution in [1.82, 2.24) is 0 Å². The summed E-state index contributed by atoms with van der Waals surface area (Å²) in [5.41, 5.74) is 0.586. The summed E-state index contributed by atoms with van der Waals surface area (Å²) in [7, 11) is 0. The van der Waals surface area contributed by atoms with Crippen molar-refractivity contribution in [3.8, 4) is 5.75 Å². The van der Waals surface area contributed by atoms with E-state index in [2.05, 4.69) is 0 Å². The van der Waals surface area contributed by atoms with Crippen molar-refractivity contribution in [2.45, 2.75) is 19.8 Å². The van der Waals surface area contributed by atoms with E-state index in [1.807, 2.05) is 6.92 Å². The number of hydrogen-bond donors (Lipinski definition) is 0. The van der Waals surface area contributed by atoms with Gasteiger partial charge in [0.2, 0.25) is 6.54 Å². The molecule has 1 rings (SSSR count). The summed E-state index contributed by atoms with van der Waals surface area (Å²) in [6, 6.07) is 4.22. The van der Waals surface area contributed by atoms with Crippen LogP contribution in [-0.4, -0.2) is 18.1 Å². The van der Waals surface area contributed by atoms with Gasteiger partial charge in [0, 0.05) is 17.4 Å². The molecule has 88 valence electrons. The van der Waals surface area contributed by atoms with Crippen molar-refractivity contribution < 1.29 is 14.1 Å². The molecule has 16 heavy (non-hydrogen) atoms. The Morgan fingerprint density at radius 2 is 2.19 bits per heavy atom. The molecule has 0 unspecified atom stereocenters. The summed E-state index contributed by atoms with van der Waals surface area (Å²) in [6.07, 6.45) is 1.05. The van der Waals surface area contributed by atoms with Crippen LogP contribution in [0.4, 0.5) is 4.39 Å². The maximum absolute atomic E-state index is 13.1. The molecule has 0 spiro atoms. The fourth-order valence-electron chi connectivity index (χ4n) is 1.29. The molecule has 0 aromatic heterocycles. The van der Waals surface area contributed by atoms with Crippen molar-refractivity contribution >= 4 is 0 Å². The lowest BCUT2D eigenvalue weighted by Crippen LogP contribution is -2.05. The molecule has 0 atom stereocenters. The van der Waals surface area contributed by atoms with E-state index >= 15 is 0 Å². The Labute approximate surface area is 93.2 Å². The van der Waals surface area contributed by atoms with Crippen LogP contribution in [0.5, 0.6) is 5.75 Å². The quantitative estimate of drug-likeness (QED) is 0.554. The maximum atomic E-state index is 13.1. The van der Waals surface area contributed by atoms with Crippen LogP contribution in [0.3, 0.4) is 0 Å². The Balaban J connectivity index is 2.69. The smallest absolute Gasteiger partial charge is 0.207 e. The van der Waals surface area contributed by atoms with E-state index in [0.29, 0.717) is 17.9 Å². The van der Waals surface area contributed by atoms with Gasteiger partial charge in [-0.3, -0.25) is 10.1 Å². The van der Waals surface area contributed by atoms with E-state index in [0.717, 1.165) is 6.42 Å². The van der Waals surface area contributed by atoms with Crippen molar-refractivity contribution in [3.63, 3.8) is 0 Å². The third-order valence-corrected chi connectivity index (χ3v) is 1.99. The van der Waals surface area contributed by atoms with Crippen LogP contribution < -0.4 is 4.74 Å². The molecule has 0 radical (unpaired) electrons. The fourth-order valence-corrected chi connectivity index (χ4v) is 1.29. The van der Waals surface area contributed by atoms with Crippen LogP contribution in [0.15, 0.2) is 18.2 Å². The second-order valence-electron chi connectivity index (χ2n) is 3.45. The van der Waals surface area contributed by atoms with E-state index in [1.54, 1.807) is 6.07 Å². The summed E-state index contributed by atoms with van der Waals surface area (Å²) in [6.45, 7) is 2.27. The van der Waals surface area contributed by atoms with Crippen LogP contribution in [0.2, 0.25) is 0 Å². The third-order valence-electron chi connectivity index (χ3n) is 1.99. The molecule has 1 aromatic carbocycles. The lowest BCUT2D eigenvalue weighted by molar-refractivity contribution is -0.479. The minimum atomic E-state index is -0.424. The Morgan fingerprint density at radius 3 is 2.81 bits per heavy atom. The molecule has 0 aliphatic rings. The highest BCUT2D eigenvalue weighted by atomic mass is 19.1. The summed E-state index contributed by atoms with van der Waals surface area (Å²) >= 11 is 0. The Hall–Kier alpha value is -1.65. The van der Waals surface area contributed by atoms with E-state index in [1.165, 1.54) is 12.1 Å². The highest BCUT2D eigenvalue weighted by Crippen LogP contribution is 2.17. The Bertz CT molecular complexity index is 368. The van der Waals surface area contributed by atoms with Crippen molar-refractivity contribution in [2.24, 2.45) is 0 Å². The molecule has 0 aliphatic carbocycles. The fraction of sp³-hybridized carbons (Fsp3) is 0.455. The number of nitro groups is 1. The monoisotopic (exact) mass is 227 g/mol. The van der Waals surface area contributed by atoms with Crippen molar-refractivity contribution in [1.29, 1.82) is 0 Å². The molecule has 0 N–H and O–H groups in total. The number of nitrogens with zero attached hydrogens (tertiary/aromatic N) is 1. The van der Waals surface area contributed by atoms with Gasteiger partial charge in [0.25, 0.3) is 0 Å². The molecule has 0 aliphatic heterocycles. The summed E-state index contributed by atoms with van der Waals surface area (Å²) < 4.78 is 18.4. The standard InChI is InChI=1S/C11H14FNO3/c1-2-5-16-11-7-9(3-4-13(14)15)6-10(12)8-11/h6-8H,2-5H2,1H3. The lowest BCUT2D eigenvalue weighted by atomic mass is 10.1. The zero-order valence-corrected chi connectivity index (χ0v) is 9.11. The first-order chi connectivity index (χ1) is 7.61. The van der Waals surface area contributed by atoms with Crippen LogP contribution in [0.25, 0.3) is 0 Å². The van der Waals surface area contributed by atoms with Gasteiger partial charge in [-0.2, -0.15) is 0 Å². The highest BCUT2D eigenvalue weighted by molar-refractivity contribution is 5.29. The molecule has 0 fully saturated rings. The molecule has 4 nitrogen and oxygen atoms in total. The minimum Gasteiger partial charge on any atom is -0.493 e. The molecule has 5 heteroatoms. The molecule has 1 aromatic rings. The van der Waals surface area contributed by atoms with Crippen LogP contribution >= 0.6 is 0 Å². The first-order valence-corrected chi connectivity index (χ1v) is 5.16. The highest BCUT2D eigenvalue weighted by Gasteiger charge is 2.05. The number of benzene rings is 1. The first-order valence-electron chi connectivity index (χ1n) is 5.16. The van der Waals surface area contributed by atoms with Gasteiger partial charge in [0.15, 0.2) is 0 Å². The molecule has 0 heterocycles. The second-order valence-corrected chi connectivity index (χ2v) is 3.45. The zero-order valence-electron chi connectivity index (χ0n) is 9.11. The van der Waals surface area contributed by atoms with Crippen molar-refractivity contribution in [2.75, 3.05) is 13.2 Å². The molecular formula is C11H14FNO3. The minimum absolute atomic E-state index is 0.198. The van der Waals surface area contributed by atoms with Crippen LogP contribution in [-0.2, 0) is 6.42 Å². The normalized spacial score (nSPS) is 10.1. The van der Waals surface area contributed by atoms with Gasteiger partial charge >= 0.3 is 0 Å². The Morgan fingerprint density at radius 1 is 1.44 bits per heavy atom. The topological polar surface area (TPSA) is 52.4 Å². The second kappa shape index (κ2) is 6.05. The average Bonchev–Trinajstić information content (AvgIpc) is 2.23. The van der Waals surface area contributed by atoms with Crippen molar-refractivity contribution in [3.05, 3.63) is 39.7 Å². The Kier molecular flexibility index (Phi) is 4.69. The summed E-state index contributed by atoms with van der Waals surface area (Å²) in [5, 5.41) is 10.2. The van der Waals surface area contributed by atoms with E-state index in [4.69, 9.17) is 4.74 Å². The van der Waals surface area contributed by atoms with E-state index < -0.39 is 10.7 Å².